The number of anilines is 1. The molecule has 0 radical (unpaired) electrons. The zero-order valence-electron chi connectivity index (χ0n) is 12.7. The molecule has 0 amide bonds. The van der Waals surface area contributed by atoms with Gasteiger partial charge in [0.2, 0.25) is 0 Å². The molecular formula is C17H28N2. The van der Waals surface area contributed by atoms with Crippen LogP contribution >= 0.6 is 0 Å². The third-order valence-corrected chi connectivity index (χ3v) is 4.57. The summed E-state index contributed by atoms with van der Waals surface area (Å²) in [5, 5.41) is 3.50. The summed E-state index contributed by atoms with van der Waals surface area (Å²) in [6, 6.07) is 9.72. The topological polar surface area (TPSA) is 15.3 Å². The highest BCUT2D eigenvalue weighted by atomic mass is 15.1. The van der Waals surface area contributed by atoms with Crippen LogP contribution < -0.4 is 10.2 Å². The molecule has 1 aliphatic carbocycles. The van der Waals surface area contributed by atoms with Crippen molar-refractivity contribution in [2.24, 2.45) is 5.92 Å². The molecule has 1 saturated carbocycles. The first-order valence-corrected chi connectivity index (χ1v) is 7.72. The van der Waals surface area contributed by atoms with Gasteiger partial charge in [-0.3, -0.25) is 0 Å². The highest BCUT2D eigenvalue weighted by Crippen LogP contribution is 2.26. The molecule has 0 bridgehead atoms. The predicted octanol–water partition coefficient (Wildman–Crippen LogP) is 3.46. The zero-order chi connectivity index (χ0) is 13.7. The molecule has 0 heterocycles. The predicted molar refractivity (Wildman–Crippen MR) is 83.9 cm³/mol. The molecular weight excluding hydrogens is 232 g/mol. The van der Waals surface area contributed by atoms with Crippen LogP contribution in [0.5, 0.6) is 0 Å². The summed E-state index contributed by atoms with van der Waals surface area (Å²) < 4.78 is 0. The van der Waals surface area contributed by atoms with Gasteiger partial charge in [-0.1, -0.05) is 31.9 Å². The van der Waals surface area contributed by atoms with Crippen molar-refractivity contribution in [2.75, 3.05) is 25.5 Å². The first-order chi connectivity index (χ1) is 9.24. The average Bonchev–Trinajstić information content (AvgIpc) is 2.48. The van der Waals surface area contributed by atoms with Crippen LogP contribution in [0, 0.1) is 5.92 Å². The van der Waals surface area contributed by atoms with Crippen LogP contribution in [0.2, 0.25) is 0 Å². The molecule has 1 aliphatic rings. The van der Waals surface area contributed by atoms with Gasteiger partial charge >= 0.3 is 0 Å². The van der Waals surface area contributed by atoms with E-state index in [4.69, 9.17) is 0 Å². The highest BCUT2D eigenvalue weighted by Gasteiger charge is 2.24. The van der Waals surface area contributed by atoms with Crippen molar-refractivity contribution in [3.8, 4) is 0 Å². The Bertz CT molecular complexity index is 371. The van der Waals surface area contributed by atoms with Crippen LogP contribution in [-0.2, 0) is 6.42 Å². The van der Waals surface area contributed by atoms with Gasteiger partial charge in [-0.2, -0.15) is 0 Å². The normalized spacial score (nSPS) is 23.3. The number of nitrogens with zero attached hydrogens (tertiary/aromatic N) is 1. The molecule has 0 aliphatic heterocycles. The average molecular weight is 260 g/mol. The summed E-state index contributed by atoms with van der Waals surface area (Å²) in [5.41, 5.74) is 2.76. The van der Waals surface area contributed by atoms with Gasteiger partial charge < -0.3 is 10.2 Å². The highest BCUT2D eigenvalue weighted by molar-refractivity contribution is 5.47. The Kier molecular flexibility index (Phi) is 5.26. The number of aryl methyl sites for hydroxylation is 1. The van der Waals surface area contributed by atoms with E-state index in [2.05, 4.69) is 55.5 Å². The Morgan fingerprint density at radius 1 is 1.16 bits per heavy atom. The van der Waals surface area contributed by atoms with E-state index >= 15 is 0 Å². The minimum atomic E-state index is 0.700. The van der Waals surface area contributed by atoms with Crippen LogP contribution in [0.1, 0.15) is 38.2 Å². The zero-order valence-corrected chi connectivity index (χ0v) is 12.7. The number of benzene rings is 1. The maximum atomic E-state index is 3.50. The van der Waals surface area contributed by atoms with E-state index in [9.17, 15) is 0 Å². The summed E-state index contributed by atoms with van der Waals surface area (Å²) in [6.45, 7) is 3.37. The first kappa shape index (κ1) is 14.4. The molecule has 0 saturated heterocycles. The molecule has 1 fully saturated rings. The van der Waals surface area contributed by atoms with E-state index < -0.39 is 0 Å². The van der Waals surface area contributed by atoms with Crippen molar-refractivity contribution in [3.63, 3.8) is 0 Å². The van der Waals surface area contributed by atoms with Crippen LogP contribution in [0.3, 0.4) is 0 Å². The Labute approximate surface area is 118 Å². The molecule has 0 aromatic heterocycles. The van der Waals surface area contributed by atoms with Gasteiger partial charge in [0, 0.05) is 25.3 Å². The van der Waals surface area contributed by atoms with Gasteiger partial charge in [-0.25, -0.2) is 0 Å². The molecule has 1 aromatic carbocycles. The monoisotopic (exact) mass is 260 g/mol. The van der Waals surface area contributed by atoms with Crippen LogP contribution in [0.4, 0.5) is 5.69 Å². The molecule has 2 nitrogen and oxygen atoms in total. The quantitative estimate of drug-likeness (QED) is 0.872. The van der Waals surface area contributed by atoms with Crippen LogP contribution in [-0.4, -0.2) is 26.7 Å². The molecule has 2 atom stereocenters. The lowest BCUT2D eigenvalue weighted by atomic mass is 9.84. The van der Waals surface area contributed by atoms with Gasteiger partial charge in [-0.15, -0.1) is 0 Å². The number of nitrogens with one attached hydrogen (secondary N) is 1. The van der Waals surface area contributed by atoms with Crippen molar-refractivity contribution in [2.45, 2.75) is 45.1 Å². The molecule has 106 valence electrons. The second-order valence-electron chi connectivity index (χ2n) is 5.84. The number of hydrogen-bond donors (Lipinski definition) is 1. The Morgan fingerprint density at radius 3 is 2.47 bits per heavy atom. The van der Waals surface area contributed by atoms with Gasteiger partial charge in [-0.05, 0) is 49.9 Å². The fraction of sp³-hybridized carbons (Fsp3) is 0.647. The van der Waals surface area contributed by atoms with E-state index in [-0.39, 0.29) is 0 Å². The van der Waals surface area contributed by atoms with E-state index in [0.717, 1.165) is 18.9 Å². The number of hydrogen-bond acceptors (Lipinski definition) is 2. The lowest BCUT2D eigenvalue weighted by Crippen LogP contribution is -2.42. The minimum Gasteiger partial charge on any atom is -0.374 e. The van der Waals surface area contributed by atoms with Crippen molar-refractivity contribution in [1.82, 2.24) is 5.32 Å². The fourth-order valence-electron chi connectivity index (χ4n) is 3.25. The molecule has 2 rings (SSSR count). The SMILES string of the molecule is CCc1ccc(N(C)CC2CCCCC2NC)cc1. The standard InChI is InChI=1S/C17H28N2/c1-4-14-9-11-16(12-10-14)19(3)13-15-7-5-6-8-17(15)18-2/h9-12,15,17-18H,4-8,13H2,1-3H3. The summed E-state index contributed by atoms with van der Waals surface area (Å²) in [4.78, 5) is 2.42. The second kappa shape index (κ2) is 6.95. The third kappa shape index (κ3) is 3.73. The van der Waals surface area contributed by atoms with E-state index in [1.54, 1.807) is 0 Å². The molecule has 2 unspecified atom stereocenters. The Balaban J connectivity index is 1.96. The summed E-state index contributed by atoms with van der Waals surface area (Å²) in [7, 11) is 4.33. The van der Waals surface area contributed by atoms with E-state index in [1.807, 2.05) is 0 Å². The molecule has 1 N–H and O–H groups in total. The lowest BCUT2D eigenvalue weighted by molar-refractivity contribution is 0.278. The van der Waals surface area contributed by atoms with Crippen molar-refractivity contribution in [1.29, 1.82) is 0 Å². The van der Waals surface area contributed by atoms with Crippen molar-refractivity contribution in [3.05, 3.63) is 29.8 Å². The van der Waals surface area contributed by atoms with Crippen LogP contribution in [0.15, 0.2) is 24.3 Å². The molecule has 19 heavy (non-hydrogen) atoms. The maximum Gasteiger partial charge on any atom is 0.0363 e. The Hall–Kier alpha value is -1.02. The lowest BCUT2D eigenvalue weighted by Gasteiger charge is -2.35. The maximum absolute atomic E-state index is 3.50. The fourth-order valence-corrected chi connectivity index (χ4v) is 3.25. The van der Waals surface area contributed by atoms with E-state index in [1.165, 1.54) is 36.9 Å². The van der Waals surface area contributed by atoms with Gasteiger partial charge in [0.05, 0.1) is 0 Å². The smallest absolute Gasteiger partial charge is 0.0363 e. The summed E-state index contributed by atoms with van der Waals surface area (Å²) >= 11 is 0. The molecule has 1 aromatic rings. The van der Waals surface area contributed by atoms with Crippen molar-refractivity contribution < 1.29 is 0 Å². The largest absolute Gasteiger partial charge is 0.374 e. The van der Waals surface area contributed by atoms with Crippen molar-refractivity contribution >= 4 is 5.69 Å². The summed E-state index contributed by atoms with van der Waals surface area (Å²) in [5.74, 6) is 0.787. The Morgan fingerprint density at radius 2 is 1.84 bits per heavy atom. The van der Waals surface area contributed by atoms with Gasteiger partial charge in [0.15, 0.2) is 0 Å². The van der Waals surface area contributed by atoms with Crippen LogP contribution in [0.25, 0.3) is 0 Å². The van der Waals surface area contributed by atoms with Gasteiger partial charge in [0.25, 0.3) is 0 Å². The third-order valence-electron chi connectivity index (χ3n) is 4.57. The van der Waals surface area contributed by atoms with E-state index in [0.29, 0.717) is 6.04 Å². The molecule has 2 heteroatoms. The number of rotatable bonds is 5. The second-order valence-corrected chi connectivity index (χ2v) is 5.84. The minimum absolute atomic E-state index is 0.700. The first-order valence-electron chi connectivity index (χ1n) is 7.72. The molecule has 0 spiro atoms. The summed E-state index contributed by atoms with van der Waals surface area (Å²) in [6.07, 6.45) is 6.60. The van der Waals surface area contributed by atoms with Gasteiger partial charge in [0.1, 0.15) is 0 Å².